The number of fused-ring (bicyclic) bond motifs is 1. The molecule has 0 radical (unpaired) electrons. The van der Waals surface area contributed by atoms with E-state index < -0.39 is 6.43 Å². The number of alkyl halides is 2. The van der Waals surface area contributed by atoms with Gasteiger partial charge in [0.2, 0.25) is 0 Å². The molecule has 1 aliphatic rings. The van der Waals surface area contributed by atoms with Gasteiger partial charge in [-0.05, 0) is 35.6 Å². The zero-order chi connectivity index (χ0) is 15.1. The average Bonchev–Trinajstić information content (AvgIpc) is 2.83. The quantitative estimate of drug-likeness (QED) is 0.842. The molecule has 0 saturated carbocycles. The van der Waals surface area contributed by atoms with Crippen molar-refractivity contribution in [2.75, 3.05) is 18.5 Å². The summed E-state index contributed by atoms with van der Waals surface area (Å²) in [4.78, 5) is 2.07. The number of anilines is 1. The van der Waals surface area contributed by atoms with Gasteiger partial charge in [-0.3, -0.25) is 4.68 Å². The van der Waals surface area contributed by atoms with E-state index in [1.54, 1.807) is 30.2 Å². The molecule has 2 aromatic rings. The highest BCUT2D eigenvalue weighted by molar-refractivity contribution is 5.73. The lowest BCUT2D eigenvalue weighted by Crippen LogP contribution is -2.30. The molecule has 1 atom stereocenters. The Bertz CT molecular complexity index is 664. The van der Waals surface area contributed by atoms with Crippen LogP contribution < -0.4 is 4.90 Å². The van der Waals surface area contributed by atoms with Crippen molar-refractivity contribution < 1.29 is 8.78 Å². The van der Waals surface area contributed by atoms with Crippen molar-refractivity contribution in [3.63, 3.8) is 0 Å². The average molecular weight is 291 g/mol. The SMILES string of the molecule is C[C@@H]1Cc2cc(-c3cnn(C)c3)c(C(F)F)cc2N(C)C1. The second-order valence-electron chi connectivity index (χ2n) is 5.96. The van der Waals surface area contributed by atoms with Crippen molar-refractivity contribution in [1.29, 1.82) is 0 Å². The van der Waals surface area contributed by atoms with Crippen LogP contribution in [0.2, 0.25) is 0 Å². The van der Waals surface area contributed by atoms with E-state index in [0.29, 0.717) is 11.5 Å². The maximum absolute atomic E-state index is 13.4. The third-order valence-corrected chi connectivity index (χ3v) is 4.07. The molecule has 1 aromatic heterocycles. The summed E-state index contributed by atoms with van der Waals surface area (Å²) < 4.78 is 28.5. The Balaban J connectivity index is 2.17. The Morgan fingerprint density at radius 3 is 2.67 bits per heavy atom. The fourth-order valence-electron chi connectivity index (χ4n) is 3.16. The largest absolute Gasteiger partial charge is 0.374 e. The minimum atomic E-state index is -2.49. The van der Waals surface area contributed by atoms with Gasteiger partial charge >= 0.3 is 0 Å². The molecule has 2 heterocycles. The van der Waals surface area contributed by atoms with Crippen molar-refractivity contribution in [3.05, 3.63) is 35.7 Å². The lowest BCUT2D eigenvalue weighted by atomic mass is 9.89. The molecule has 0 bridgehead atoms. The van der Waals surface area contributed by atoms with Gasteiger partial charge in [-0.15, -0.1) is 0 Å². The van der Waals surface area contributed by atoms with E-state index in [2.05, 4.69) is 16.9 Å². The molecule has 0 unspecified atom stereocenters. The second-order valence-corrected chi connectivity index (χ2v) is 5.96. The molecular weight excluding hydrogens is 272 g/mol. The molecule has 112 valence electrons. The van der Waals surface area contributed by atoms with E-state index >= 15 is 0 Å². The maximum Gasteiger partial charge on any atom is 0.264 e. The number of halogens is 2. The number of nitrogens with zero attached hydrogens (tertiary/aromatic N) is 3. The molecule has 0 fully saturated rings. The fraction of sp³-hybridized carbons (Fsp3) is 0.438. The van der Waals surface area contributed by atoms with Crippen LogP contribution >= 0.6 is 0 Å². The lowest BCUT2D eigenvalue weighted by molar-refractivity contribution is 0.152. The Labute approximate surface area is 123 Å². The van der Waals surface area contributed by atoms with Crippen LogP contribution in [0.3, 0.4) is 0 Å². The zero-order valence-electron chi connectivity index (χ0n) is 12.5. The lowest BCUT2D eigenvalue weighted by Gasteiger charge is -2.32. The molecule has 0 amide bonds. The van der Waals surface area contributed by atoms with Gasteiger partial charge in [0.25, 0.3) is 6.43 Å². The highest BCUT2D eigenvalue weighted by Crippen LogP contribution is 2.39. The number of aryl methyl sites for hydroxylation is 1. The Morgan fingerprint density at radius 2 is 2.05 bits per heavy atom. The molecule has 5 heteroatoms. The van der Waals surface area contributed by atoms with Gasteiger partial charge < -0.3 is 4.90 Å². The smallest absolute Gasteiger partial charge is 0.264 e. The van der Waals surface area contributed by atoms with E-state index in [1.165, 1.54) is 0 Å². The minimum absolute atomic E-state index is 0.0863. The van der Waals surface area contributed by atoms with Crippen LogP contribution in [0.1, 0.15) is 24.5 Å². The molecule has 1 aliphatic heterocycles. The first kappa shape index (κ1) is 14.0. The van der Waals surface area contributed by atoms with Crippen molar-refractivity contribution >= 4 is 5.69 Å². The number of hydrogen-bond acceptors (Lipinski definition) is 2. The van der Waals surface area contributed by atoms with Crippen LogP contribution in [0.4, 0.5) is 14.5 Å². The van der Waals surface area contributed by atoms with Crippen LogP contribution in [-0.4, -0.2) is 23.4 Å². The van der Waals surface area contributed by atoms with E-state index in [9.17, 15) is 8.78 Å². The molecular formula is C16H19F2N3. The summed E-state index contributed by atoms with van der Waals surface area (Å²) in [5.74, 6) is 0.529. The zero-order valence-corrected chi connectivity index (χ0v) is 12.5. The fourth-order valence-corrected chi connectivity index (χ4v) is 3.16. The van der Waals surface area contributed by atoms with Gasteiger partial charge in [0.1, 0.15) is 0 Å². The van der Waals surface area contributed by atoms with Crippen molar-refractivity contribution in [1.82, 2.24) is 9.78 Å². The standard InChI is InChI=1S/C16H19F2N3/c1-10-4-11-5-13(12-7-19-21(3)9-12)14(16(17)18)6-15(11)20(2)8-10/h5-7,9-10,16H,4,8H2,1-3H3/t10-/m1/s1. The van der Waals surface area contributed by atoms with E-state index in [-0.39, 0.29) is 5.56 Å². The molecule has 21 heavy (non-hydrogen) atoms. The first-order chi connectivity index (χ1) is 9.95. The molecule has 3 nitrogen and oxygen atoms in total. The van der Waals surface area contributed by atoms with Crippen molar-refractivity contribution in [2.45, 2.75) is 19.8 Å². The van der Waals surface area contributed by atoms with E-state index in [1.807, 2.05) is 13.1 Å². The predicted molar refractivity (Wildman–Crippen MR) is 79.7 cm³/mol. The number of hydrogen-bond donors (Lipinski definition) is 0. The summed E-state index contributed by atoms with van der Waals surface area (Å²) in [5, 5.41) is 4.10. The Hall–Kier alpha value is -1.91. The van der Waals surface area contributed by atoms with Gasteiger partial charge in [-0.25, -0.2) is 8.78 Å². The molecule has 0 spiro atoms. The van der Waals surface area contributed by atoms with Crippen LogP contribution in [0.25, 0.3) is 11.1 Å². The summed E-state index contributed by atoms with van der Waals surface area (Å²) in [6.45, 7) is 3.09. The van der Waals surface area contributed by atoms with Gasteiger partial charge in [-0.2, -0.15) is 5.10 Å². The van der Waals surface area contributed by atoms with Crippen LogP contribution in [0.15, 0.2) is 24.5 Å². The molecule has 0 aliphatic carbocycles. The van der Waals surface area contributed by atoms with Crippen LogP contribution in [0.5, 0.6) is 0 Å². The summed E-state index contributed by atoms with van der Waals surface area (Å²) in [6, 6.07) is 3.56. The summed E-state index contributed by atoms with van der Waals surface area (Å²) in [6.07, 6.45) is 1.86. The monoisotopic (exact) mass is 291 g/mol. The van der Waals surface area contributed by atoms with Gasteiger partial charge in [0, 0.05) is 43.7 Å². The summed E-state index contributed by atoms with van der Waals surface area (Å²) in [5.41, 5.74) is 3.49. The first-order valence-corrected chi connectivity index (χ1v) is 7.11. The Morgan fingerprint density at radius 1 is 1.29 bits per heavy atom. The molecule has 0 saturated heterocycles. The summed E-state index contributed by atoms with van der Waals surface area (Å²) >= 11 is 0. The third-order valence-electron chi connectivity index (χ3n) is 4.07. The number of rotatable bonds is 2. The molecule has 3 rings (SSSR count). The van der Waals surface area contributed by atoms with Crippen molar-refractivity contribution in [3.8, 4) is 11.1 Å². The topological polar surface area (TPSA) is 21.1 Å². The van der Waals surface area contributed by atoms with E-state index in [4.69, 9.17) is 0 Å². The van der Waals surface area contributed by atoms with Crippen LogP contribution in [0, 0.1) is 5.92 Å². The maximum atomic E-state index is 13.4. The highest BCUT2D eigenvalue weighted by atomic mass is 19.3. The molecule has 1 aromatic carbocycles. The van der Waals surface area contributed by atoms with Gasteiger partial charge in [-0.1, -0.05) is 6.92 Å². The third kappa shape index (κ3) is 2.52. The molecule has 0 N–H and O–H groups in total. The van der Waals surface area contributed by atoms with Gasteiger partial charge in [0.05, 0.1) is 6.20 Å². The normalized spacial score (nSPS) is 18.2. The number of benzene rings is 1. The highest BCUT2D eigenvalue weighted by Gasteiger charge is 2.24. The van der Waals surface area contributed by atoms with Crippen molar-refractivity contribution in [2.24, 2.45) is 13.0 Å². The summed E-state index contributed by atoms with van der Waals surface area (Å²) in [7, 11) is 3.76. The minimum Gasteiger partial charge on any atom is -0.374 e. The Kier molecular flexibility index (Phi) is 3.43. The van der Waals surface area contributed by atoms with Crippen LogP contribution in [-0.2, 0) is 13.5 Å². The van der Waals surface area contributed by atoms with E-state index in [0.717, 1.165) is 29.8 Å². The second kappa shape index (κ2) is 5.13. The number of aromatic nitrogens is 2. The van der Waals surface area contributed by atoms with Gasteiger partial charge in [0.15, 0.2) is 0 Å². The predicted octanol–water partition coefficient (Wildman–Crippen LogP) is 3.65. The first-order valence-electron chi connectivity index (χ1n) is 7.11.